The molecule has 0 spiro atoms. The van der Waals surface area contributed by atoms with Crippen LogP contribution in [0.5, 0.6) is 11.5 Å². The number of benzene rings is 2. The lowest BCUT2D eigenvalue weighted by atomic mass is 10.1. The van der Waals surface area contributed by atoms with Crippen LogP contribution in [0.15, 0.2) is 42.5 Å². The van der Waals surface area contributed by atoms with E-state index in [-0.39, 0.29) is 12.7 Å². The molecule has 4 rings (SSSR count). The van der Waals surface area contributed by atoms with Crippen molar-refractivity contribution in [2.75, 3.05) is 13.7 Å². The van der Waals surface area contributed by atoms with Gasteiger partial charge in [0, 0.05) is 18.4 Å². The first-order chi connectivity index (χ1) is 11.7. The number of para-hydroxylation sites is 1. The SMILES string of the molecule is COc1ccc(-c2c(C)c3cccc4c3n2CC(CCO)O4)cc1. The number of aliphatic hydroxyl groups excluding tert-OH is 1. The number of aliphatic hydroxyl groups is 1. The van der Waals surface area contributed by atoms with Crippen molar-refractivity contribution in [2.45, 2.75) is 26.0 Å². The van der Waals surface area contributed by atoms with E-state index in [0.29, 0.717) is 6.42 Å². The maximum Gasteiger partial charge on any atom is 0.144 e. The standard InChI is InChI=1S/C20H21NO3/c1-13-17-4-3-5-18-20(17)21(12-16(24-18)10-11-22)19(13)14-6-8-15(23-2)9-7-14/h3-9,16,22H,10-12H2,1-2H3. The molecule has 0 bridgehead atoms. The number of aromatic nitrogens is 1. The summed E-state index contributed by atoms with van der Waals surface area (Å²) in [4.78, 5) is 0. The van der Waals surface area contributed by atoms with Gasteiger partial charge in [0.1, 0.15) is 17.6 Å². The molecule has 2 heterocycles. The molecule has 1 aliphatic rings. The van der Waals surface area contributed by atoms with Gasteiger partial charge >= 0.3 is 0 Å². The fourth-order valence-electron chi connectivity index (χ4n) is 3.66. The average molecular weight is 323 g/mol. The van der Waals surface area contributed by atoms with Gasteiger partial charge in [0.2, 0.25) is 0 Å². The minimum atomic E-state index is -0.00287. The lowest BCUT2D eigenvalue weighted by Crippen LogP contribution is -2.28. The Hall–Kier alpha value is -2.46. The second-order valence-corrected chi connectivity index (χ2v) is 6.22. The topological polar surface area (TPSA) is 43.6 Å². The molecule has 0 saturated heterocycles. The van der Waals surface area contributed by atoms with Crippen LogP contribution in [0.2, 0.25) is 0 Å². The molecule has 0 saturated carbocycles. The minimum absolute atomic E-state index is 0.00287. The van der Waals surface area contributed by atoms with Crippen LogP contribution >= 0.6 is 0 Å². The van der Waals surface area contributed by atoms with Crippen LogP contribution in [0, 0.1) is 6.92 Å². The Morgan fingerprint density at radius 3 is 2.71 bits per heavy atom. The zero-order valence-corrected chi connectivity index (χ0v) is 14.0. The van der Waals surface area contributed by atoms with E-state index in [9.17, 15) is 5.11 Å². The van der Waals surface area contributed by atoms with Gasteiger partial charge in [-0.3, -0.25) is 0 Å². The molecule has 1 atom stereocenters. The van der Waals surface area contributed by atoms with E-state index < -0.39 is 0 Å². The van der Waals surface area contributed by atoms with Crippen molar-refractivity contribution in [3.63, 3.8) is 0 Å². The fraction of sp³-hybridized carbons (Fsp3) is 0.300. The molecule has 0 radical (unpaired) electrons. The van der Waals surface area contributed by atoms with E-state index in [4.69, 9.17) is 9.47 Å². The number of hydrogen-bond acceptors (Lipinski definition) is 3. The highest BCUT2D eigenvalue weighted by Gasteiger charge is 2.26. The summed E-state index contributed by atoms with van der Waals surface area (Å²) in [6, 6.07) is 14.4. The third kappa shape index (κ3) is 2.26. The average Bonchev–Trinajstić information content (AvgIpc) is 2.89. The zero-order chi connectivity index (χ0) is 16.7. The van der Waals surface area contributed by atoms with Gasteiger partial charge in [0.15, 0.2) is 0 Å². The summed E-state index contributed by atoms with van der Waals surface area (Å²) in [7, 11) is 1.68. The van der Waals surface area contributed by atoms with Crippen molar-refractivity contribution >= 4 is 10.9 Å². The van der Waals surface area contributed by atoms with Gasteiger partial charge < -0.3 is 19.1 Å². The molecule has 24 heavy (non-hydrogen) atoms. The minimum Gasteiger partial charge on any atom is -0.497 e. The highest BCUT2D eigenvalue weighted by Crippen LogP contribution is 2.41. The molecule has 0 fully saturated rings. The first-order valence-electron chi connectivity index (χ1n) is 8.26. The first kappa shape index (κ1) is 15.1. The van der Waals surface area contributed by atoms with E-state index in [1.807, 2.05) is 24.3 Å². The van der Waals surface area contributed by atoms with Crippen LogP contribution < -0.4 is 9.47 Å². The lowest BCUT2D eigenvalue weighted by Gasteiger charge is -2.27. The second kappa shape index (κ2) is 5.87. The molecule has 2 aromatic carbocycles. The summed E-state index contributed by atoms with van der Waals surface area (Å²) in [5, 5.41) is 10.5. The van der Waals surface area contributed by atoms with Crippen molar-refractivity contribution < 1.29 is 14.6 Å². The van der Waals surface area contributed by atoms with Crippen LogP contribution in [0.4, 0.5) is 0 Å². The van der Waals surface area contributed by atoms with Gasteiger partial charge in [-0.25, -0.2) is 0 Å². The molecular weight excluding hydrogens is 302 g/mol. The smallest absolute Gasteiger partial charge is 0.144 e. The number of nitrogens with zero attached hydrogens (tertiary/aromatic N) is 1. The van der Waals surface area contributed by atoms with Crippen LogP contribution in [0.1, 0.15) is 12.0 Å². The summed E-state index contributed by atoms with van der Waals surface area (Å²) >= 11 is 0. The Labute approximate surface area is 141 Å². The fourth-order valence-corrected chi connectivity index (χ4v) is 3.66. The lowest BCUT2D eigenvalue weighted by molar-refractivity contribution is 0.132. The highest BCUT2D eigenvalue weighted by atomic mass is 16.5. The number of hydrogen-bond donors (Lipinski definition) is 1. The predicted octanol–water partition coefficient (Wildman–Crippen LogP) is 3.77. The summed E-state index contributed by atoms with van der Waals surface area (Å²) < 4.78 is 13.7. The summed E-state index contributed by atoms with van der Waals surface area (Å²) in [5.74, 6) is 1.76. The number of methoxy groups -OCH3 is 1. The zero-order valence-electron chi connectivity index (χ0n) is 14.0. The van der Waals surface area contributed by atoms with Crippen molar-refractivity contribution in [1.82, 2.24) is 4.57 Å². The Balaban J connectivity index is 1.92. The van der Waals surface area contributed by atoms with Crippen LogP contribution in [0.3, 0.4) is 0 Å². The van der Waals surface area contributed by atoms with Crippen molar-refractivity contribution in [2.24, 2.45) is 0 Å². The van der Waals surface area contributed by atoms with Crippen LogP contribution in [0.25, 0.3) is 22.2 Å². The Bertz CT molecular complexity index is 880. The van der Waals surface area contributed by atoms with E-state index in [2.05, 4.69) is 29.7 Å². The van der Waals surface area contributed by atoms with Gasteiger partial charge in [-0.05, 0) is 48.4 Å². The highest BCUT2D eigenvalue weighted by molar-refractivity contribution is 5.95. The maximum atomic E-state index is 9.31. The van der Waals surface area contributed by atoms with Crippen molar-refractivity contribution in [3.05, 3.63) is 48.0 Å². The third-order valence-electron chi connectivity index (χ3n) is 4.79. The van der Waals surface area contributed by atoms with E-state index in [0.717, 1.165) is 23.6 Å². The van der Waals surface area contributed by atoms with E-state index in [1.54, 1.807) is 7.11 Å². The van der Waals surface area contributed by atoms with Gasteiger partial charge in [-0.15, -0.1) is 0 Å². The van der Waals surface area contributed by atoms with Gasteiger partial charge in [-0.1, -0.05) is 12.1 Å². The molecule has 124 valence electrons. The van der Waals surface area contributed by atoms with Gasteiger partial charge in [0.25, 0.3) is 0 Å². The first-order valence-corrected chi connectivity index (χ1v) is 8.26. The summed E-state index contributed by atoms with van der Waals surface area (Å²) in [5.41, 5.74) is 4.78. The molecule has 0 amide bonds. The second-order valence-electron chi connectivity index (χ2n) is 6.22. The molecule has 3 aromatic rings. The van der Waals surface area contributed by atoms with E-state index >= 15 is 0 Å². The maximum absolute atomic E-state index is 9.31. The van der Waals surface area contributed by atoms with Crippen LogP contribution in [-0.2, 0) is 6.54 Å². The number of aryl methyl sites for hydroxylation is 1. The van der Waals surface area contributed by atoms with Gasteiger partial charge in [0.05, 0.1) is 24.9 Å². The predicted molar refractivity (Wildman–Crippen MR) is 94.8 cm³/mol. The molecule has 1 aliphatic heterocycles. The molecule has 4 heteroatoms. The Morgan fingerprint density at radius 2 is 2.00 bits per heavy atom. The molecule has 1 unspecified atom stereocenters. The number of ether oxygens (including phenoxy) is 2. The molecule has 1 N–H and O–H groups in total. The van der Waals surface area contributed by atoms with E-state index in [1.165, 1.54) is 22.2 Å². The van der Waals surface area contributed by atoms with Crippen molar-refractivity contribution in [1.29, 1.82) is 0 Å². The molecular formula is C20H21NO3. The Morgan fingerprint density at radius 1 is 1.21 bits per heavy atom. The Kier molecular flexibility index (Phi) is 3.69. The number of rotatable bonds is 4. The van der Waals surface area contributed by atoms with Crippen LogP contribution in [-0.4, -0.2) is 29.5 Å². The molecule has 0 aliphatic carbocycles. The quantitative estimate of drug-likeness (QED) is 0.795. The normalized spacial score (nSPS) is 16.2. The molecule has 1 aromatic heterocycles. The molecule has 4 nitrogen and oxygen atoms in total. The largest absolute Gasteiger partial charge is 0.497 e. The summed E-state index contributed by atoms with van der Waals surface area (Å²) in [6.07, 6.45) is 0.631. The van der Waals surface area contributed by atoms with Gasteiger partial charge in [-0.2, -0.15) is 0 Å². The summed E-state index contributed by atoms with van der Waals surface area (Å²) in [6.45, 7) is 3.05. The monoisotopic (exact) mass is 323 g/mol. The third-order valence-corrected chi connectivity index (χ3v) is 4.79. The van der Waals surface area contributed by atoms with Crippen molar-refractivity contribution in [3.8, 4) is 22.8 Å².